The van der Waals surface area contributed by atoms with E-state index in [9.17, 15) is 0 Å². The molecule has 0 unspecified atom stereocenters. The van der Waals surface area contributed by atoms with Crippen LogP contribution in [0.3, 0.4) is 0 Å². The van der Waals surface area contributed by atoms with Crippen LogP contribution in [0, 0.1) is 5.92 Å². The molecule has 4 nitrogen and oxygen atoms in total. The van der Waals surface area contributed by atoms with Crippen LogP contribution >= 0.6 is 11.3 Å². The molecule has 0 radical (unpaired) electrons. The van der Waals surface area contributed by atoms with Gasteiger partial charge in [0.2, 0.25) is 0 Å². The first kappa shape index (κ1) is 14.6. The summed E-state index contributed by atoms with van der Waals surface area (Å²) < 4.78 is 9.01. The van der Waals surface area contributed by atoms with E-state index in [1.165, 1.54) is 20.7 Å². The molecule has 120 valence electrons. The zero-order chi connectivity index (χ0) is 16.0. The van der Waals surface area contributed by atoms with E-state index in [0.717, 1.165) is 31.2 Å². The summed E-state index contributed by atoms with van der Waals surface area (Å²) in [4.78, 5) is 8.42. The monoisotopic (exact) mass is 327 g/mol. The highest BCUT2D eigenvalue weighted by Crippen LogP contribution is 2.46. The average Bonchev–Trinajstić information content (AvgIpc) is 3.11. The summed E-state index contributed by atoms with van der Waals surface area (Å²) >= 11 is 1.83. The van der Waals surface area contributed by atoms with E-state index in [2.05, 4.69) is 46.6 Å². The second kappa shape index (κ2) is 5.57. The standard InChI is InChI=1S/C18H21N3OS/c1-12(2)11-21-9-8-20-7-6-19-18(20)17-16(21)14-10-13(22-3)4-5-15(14)23-17/h4-7,10,12H,8-9,11H2,1-3H3. The largest absolute Gasteiger partial charge is 0.497 e. The van der Waals surface area contributed by atoms with E-state index < -0.39 is 0 Å². The lowest BCUT2D eigenvalue weighted by molar-refractivity contribution is 0.415. The van der Waals surface area contributed by atoms with E-state index in [0.29, 0.717) is 5.92 Å². The first-order valence-electron chi connectivity index (χ1n) is 8.04. The summed E-state index contributed by atoms with van der Waals surface area (Å²) in [5.41, 5.74) is 1.32. The molecule has 0 amide bonds. The van der Waals surface area contributed by atoms with Crippen molar-refractivity contribution in [1.82, 2.24) is 9.55 Å². The van der Waals surface area contributed by atoms with Crippen molar-refractivity contribution in [3.05, 3.63) is 30.6 Å². The fourth-order valence-electron chi connectivity index (χ4n) is 3.32. The van der Waals surface area contributed by atoms with Gasteiger partial charge in [0, 0.05) is 42.1 Å². The van der Waals surface area contributed by atoms with Gasteiger partial charge in [-0.3, -0.25) is 0 Å². The molecule has 0 fully saturated rings. The Bertz CT molecular complexity index is 849. The van der Waals surface area contributed by atoms with Crippen molar-refractivity contribution >= 4 is 27.1 Å². The third kappa shape index (κ3) is 2.39. The van der Waals surface area contributed by atoms with Crippen molar-refractivity contribution < 1.29 is 4.74 Å². The molecule has 3 heterocycles. The maximum Gasteiger partial charge on any atom is 0.152 e. The Morgan fingerprint density at radius 1 is 1.30 bits per heavy atom. The van der Waals surface area contributed by atoms with Gasteiger partial charge in [-0.15, -0.1) is 11.3 Å². The van der Waals surface area contributed by atoms with Crippen molar-refractivity contribution in [2.24, 2.45) is 5.92 Å². The van der Waals surface area contributed by atoms with Crippen LogP contribution in [-0.2, 0) is 6.54 Å². The number of imidazole rings is 1. The van der Waals surface area contributed by atoms with Crippen LogP contribution in [-0.4, -0.2) is 29.8 Å². The molecule has 0 saturated heterocycles. The van der Waals surface area contributed by atoms with E-state index in [-0.39, 0.29) is 0 Å². The molecule has 1 aromatic carbocycles. The normalized spacial score (nSPS) is 14.0. The second-order valence-electron chi connectivity index (χ2n) is 6.43. The number of rotatable bonds is 3. The third-order valence-electron chi connectivity index (χ3n) is 4.30. The number of fused-ring (bicyclic) bond motifs is 5. The Hall–Kier alpha value is -2.01. The van der Waals surface area contributed by atoms with Gasteiger partial charge >= 0.3 is 0 Å². The van der Waals surface area contributed by atoms with Gasteiger partial charge in [-0.1, -0.05) is 13.8 Å². The molecule has 0 bridgehead atoms. The van der Waals surface area contributed by atoms with Crippen molar-refractivity contribution in [3.63, 3.8) is 0 Å². The average molecular weight is 327 g/mol. The summed E-state index contributed by atoms with van der Waals surface area (Å²) in [5, 5.41) is 1.28. The molecule has 4 rings (SSSR count). The van der Waals surface area contributed by atoms with Crippen LogP contribution in [0.25, 0.3) is 20.8 Å². The minimum Gasteiger partial charge on any atom is -0.497 e. The second-order valence-corrected chi connectivity index (χ2v) is 7.48. The lowest BCUT2D eigenvalue weighted by Crippen LogP contribution is -2.29. The van der Waals surface area contributed by atoms with Gasteiger partial charge in [-0.2, -0.15) is 0 Å². The first-order chi connectivity index (χ1) is 11.2. The Morgan fingerprint density at radius 3 is 2.96 bits per heavy atom. The number of hydrogen-bond donors (Lipinski definition) is 0. The number of thiophene rings is 1. The molecule has 5 heteroatoms. The smallest absolute Gasteiger partial charge is 0.152 e. The summed E-state index contributed by atoms with van der Waals surface area (Å²) in [6.07, 6.45) is 3.99. The Morgan fingerprint density at radius 2 is 2.17 bits per heavy atom. The predicted molar refractivity (Wildman–Crippen MR) is 96.6 cm³/mol. The number of hydrogen-bond acceptors (Lipinski definition) is 4. The number of benzene rings is 1. The van der Waals surface area contributed by atoms with Crippen LogP contribution in [0.15, 0.2) is 30.6 Å². The predicted octanol–water partition coefficient (Wildman–Crippen LogP) is 4.25. The number of aromatic nitrogens is 2. The third-order valence-corrected chi connectivity index (χ3v) is 5.46. The SMILES string of the molecule is COc1ccc2sc3c(c2c1)N(CC(C)C)CCn1ccnc1-3. The topological polar surface area (TPSA) is 30.3 Å². The molecule has 23 heavy (non-hydrogen) atoms. The molecule has 1 aliphatic heterocycles. The quantitative estimate of drug-likeness (QED) is 0.720. The van der Waals surface area contributed by atoms with Gasteiger partial charge in [0.1, 0.15) is 5.75 Å². The van der Waals surface area contributed by atoms with Crippen LogP contribution in [0.1, 0.15) is 13.8 Å². The van der Waals surface area contributed by atoms with Gasteiger partial charge in [0.05, 0.1) is 17.7 Å². The van der Waals surface area contributed by atoms with Gasteiger partial charge in [0.15, 0.2) is 5.82 Å². The number of anilines is 1. The van der Waals surface area contributed by atoms with Crippen LogP contribution in [0.4, 0.5) is 5.69 Å². The van der Waals surface area contributed by atoms with E-state index >= 15 is 0 Å². The molecular weight excluding hydrogens is 306 g/mol. The Kier molecular flexibility index (Phi) is 3.53. The van der Waals surface area contributed by atoms with Gasteiger partial charge in [-0.05, 0) is 24.1 Å². The zero-order valence-corrected chi connectivity index (χ0v) is 14.6. The zero-order valence-electron chi connectivity index (χ0n) is 13.7. The Labute approximate surface area is 140 Å². The molecule has 3 aromatic rings. The summed E-state index contributed by atoms with van der Waals surface area (Å²) in [6.45, 7) is 7.60. The maximum absolute atomic E-state index is 5.45. The van der Waals surface area contributed by atoms with E-state index in [4.69, 9.17) is 4.74 Å². The lowest BCUT2D eigenvalue weighted by atomic mass is 10.1. The highest BCUT2D eigenvalue weighted by molar-refractivity contribution is 7.23. The highest BCUT2D eigenvalue weighted by Gasteiger charge is 2.26. The summed E-state index contributed by atoms with van der Waals surface area (Å²) in [6, 6.07) is 6.36. The molecule has 0 N–H and O–H groups in total. The summed E-state index contributed by atoms with van der Waals surface area (Å²) in [7, 11) is 1.73. The minimum atomic E-state index is 0.619. The molecular formula is C18H21N3OS. The van der Waals surface area contributed by atoms with Crippen molar-refractivity contribution in [2.45, 2.75) is 20.4 Å². The molecule has 0 spiro atoms. The number of methoxy groups -OCH3 is 1. The minimum absolute atomic E-state index is 0.619. The van der Waals surface area contributed by atoms with E-state index in [1.54, 1.807) is 7.11 Å². The van der Waals surface area contributed by atoms with Crippen LogP contribution in [0.2, 0.25) is 0 Å². The number of ether oxygens (including phenoxy) is 1. The van der Waals surface area contributed by atoms with Crippen molar-refractivity contribution in [2.75, 3.05) is 25.1 Å². The molecule has 2 aromatic heterocycles. The van der Waals surface area contributed by atoms with Crippen LogP contribution in [0.5, 0.6) is 5.75 Å². The van der Waals surface area contributed by atoms with Gasteiger partial charge in [0.25, 0.3) is 0 Å². The Balaban J connectivity index is 1.97. The molecule has 0 atom stereocenters. The summed E-state index contributed by atoms with van der Waals surface area (Å²) in [5.74, 6) is 2.62. The molecule has 1 aliphatic rings. The van der Waals surface area contributed by atoms with Gasteiger partial charge in [-0.25, -0.2) is 4.98 Å². The van der Waals surface area contributed by atoms with Crippen molar-refractivity contribution in [1.29, 1.82) is 0 Å². The lowest BCUT2D eigenvalue weighted by Gasteiger charge is -2.25. The molecule has 0 saturated carbocycles. The van der Waals surface area contributed by atoms with Gasteiger partial charge < -0.3 is 14.2 Å². The first-order valence-corrected chi connectivity index (χ1v) is 8.86. The van der Waals surface area contributed by atoms with Crippen molar-refractivity contribution in [3.8, 4) is 16.5 Å². The highest BCUT2D eigenvalue weighted by atomic mass is 32.1. The van der Waals surface area contributed by atoms with Crippen LogP contribution < -0.4 is 9.64 Å². The fourth-order valence-corrected chi connectivity index (χ4v) is 4.54. The number of nitrogens with zero attached hydrogens (tertiary/aromatic N) is 3. The molecule has 0 aliphatic carbocycles. The fraction of sp³-hybridized carbons (Fsp3) is 0.389. The maximum atomic E-state index is 5.45. The van der Waals surface area contributed by atoms with E-state index in [1.807, 2.05) is 23.6 Å².